The van der Waals surface area contributed by atoms with Crippen LogP contribution in [0.1, 0.15) is 53.5 Å². The smallest absolute Gasteiger partial charge is 0.201 e. The monoisotopic (exact) mass is 292 g/mol. The number of pyridine rings is 1. The van der Waals surface area contributed by atoms with Crippen molar-refractivity contribution in [3.8, 4) is 11.3 Å². The molecule has 0 fully saturated rings. The van der Waals surface area contributed by atoms with Gasteiger partial charge in [0, 0.05) is 12.1 Å². The molecule has 2 aliphatic carbocycles. The number of hydrogen-bond donors (Lipinski definition) is 0. The second-order valence-corrected chi connectivity index (χ2v) is 7.03. The normalized spacial score (nSPS) is 17.0. The van der Waals surface area contributed by atoms with Crippen LogP contribution in [-0.2, 0) is 32.7 Å². The van der Waals surface area contributed by atoms with E-state index in [4.69, 9.17) is 0 Å². The summed E-state index contributed by atoms with van der Waals surface area (Å²) in [5.74, 6) is 0. The fourth-order valence-corrected chi connectivity index (χ4v) is 4.67. The van der Waals surface area contributed by atoms with Crippen molar-refractivity contribution in [1.29, 1.82) is 0 Å². The summed E-state index contributed by atoms with van der Waals surface area (Å²) in [6.45, 7) is 2.38. The fourth-order valence-electron chi connectivity index (χ4n) is 4.67. The number of nitrogens with zero attached hydrogens (tertiary/aromatic N) is 1. The van der Waals surface area contributed by atoms with Crippen LogP contribution in [0.3, 0.4) is 0 Å². The van der Waals surface area contributed by atoms with Crippen LogP contribution in [0.5, 0.6) is 0 Å². The number of fused-ring (bicyclic) bond motifs is 3. The average molecular weight is 292 g/mol. The number of hydrogen-bond acceptors (Lipinski definition) is 0. The van der Waals surface area contributed by atoms with Crippen LogP contribution in [0, 0.1) is 6.92 Å². The van der Waals surface area contributed by atoms with Crippen LogP contribution >= 0.6 is 0 Å². The molecule has 1 heteroatoms. The maximum Gasteiger partial charge on any atom is 0.212 e. The summed E-state index contributed by atoms with van der Waals surface area (Å²) in [5.41, 5.74) is 11.3. The second kappa shape index (κ2) is 5.53. The lowest BCUT2D eigenvalue weighted by Crippen LogP contribution is -2.31. The molecule has 1 heterocycles. The molecule has 0 saturated heterocycles. The molecular weight excluding hydrogens is 266 g/mol. The highest BCUT2D eigenvalue weighted by molar-refractivity contribution is 5.72. The molecular formula is C21H26N+. The molecule has 2 aromatic rings. The van der Waals surface area contributed by atoms with Gasteiger partial charge in [0.1, 0.15) is 7.05 Å². The Balaban J connectivity index is 2.04. The zero-order chi connectivity index (χ0) is 15.1. The summed E-state index contributed by atoms with van der Waals surface area (Å²) >= 11 is 0. The van der Waals surface area contributed by atoms with Crippen molar-refractivity contribution in [2.75, 3.05) is 0 Å². The molecule has 0 unspecified atom stereocenters. The number of aryl methyl sites for hydroxylation is 1. The SMILES string of the molecule is Cc1c2c(c3c(c1-c1cccc[n+]1C)CCCC3)CCCC2. The first-order valence-corrected chi connectivity index (χ1v) is 8.88. The van der Waals surface area contributed by atoms with Crippen molar-refractivity contribution >= 4 is 0 Å². The van der Waals surface area contributed by atoms with Crippen LogP contribution in [0.4, 0.5) is 0 Å². The third-order valence-corrected chi connectivity index (χ3v) is 5.74. The first kappa shape index (κ1) is 14.0. The van der Waals surface area contributed by atoms with Gasteiger partial charge >= 0.3 is 0 Å². The van der Waals surface area contributed by atoms with Crippen molar-refractivity contribution in [2.45, 2.75) is 58.3 Å². The molecule has 1 aromatic heterocycles. The van der Waals surface area contributed by atoms with Gasteiger partial charge in [-0.05, 0) is 92.2 Å². The van der Waals surface area contributed by atoms with Gasteiger partial charge in [0.15, 0.2) is 6.20 Å². The zero-order valence-corrected chi connectivity index (χ0v) is 13.9. The Morgan fingerprint density at radius 2 is 1.36 bits per heavy atom. The van der Waals surface area contributed by atoms with E-state index in [9.17, 15) is 0 Å². The molecule has 0 aliphatic heterocycles. The van der Waals surface area contributed by atoms with E-state index in [1.165, 1.54) is 57.1 Å². The highest BCUT2D eigenvalue weighted by atomic mass is 14.9. The molecule has 0 spiro atoms. The summed E-state index contributed by atoms with van der Waals surface area (Å²) < 4.78 is 2.30. The van der Waals surface area contributed by atoms with Crippen molar-refractivity contribution in [3.63, 3.8) is 0 Å². The number of benzene rings is 1. The van der Waals surface area contributed by atoms with Gasteiger partial charge in [0.05, 0.1) is 5.56 Å². The van der Waals surface area contributed by atoms with Gasteiger partial charge in [-0.25, -0.2) is 4.57 Å². The summed E-state index contributed by atoms with van der Waals surface area (Å²) in [7, 11) is 2.18. The highest BCUT2D eigenvalue weighted by Crippen LogP contribution is 2.40. The van der Waals surface area contributed by atoms with Crippen molar-refractivity contribution in [2.24, 2.45) is 7.05 Å². The van der Waals surface area contributed by atoms with E-state index in [1.807, 2.05) is 0 Å². The van der Waals surface area contributed by atoms with E-state index >= 15 is 0 Å². The molecule has 4 rings (SSSR count). The molecule has 22 heavy (non-hydrogen) atoms. The van der Waals surface area contributed by atoms with Gasteiger partial charge in [-0.15, -0.1) is 0 Å². The minimum Gasteiger partial charge on any atom is -0.201 e. The Kier molecular flexibility index (Phi) is 3.52. The molecule has 0 radical (unpaired) electrons. The Hall–Kier alpha value is -1.63. The Morgan fingerprint density at radius 1 is 0.773 bits per heavy atom. The average Bonchev–Trinajstić information content (AvgIpc) is 2.57. The quantitative estimate of drug-likeness (QED) is 0.692. The topological polar surface area (TPSA) is 3.88 Å². The third kappa shape index (κ3) is 2.10. The molecule has 0 bridgehead atoms. The minimum absolute atomic E-state index is 1.27. The van der Waals surface area contributed by atoms with Gasteiger partial charge in [-0.3, -0.25) is 0 Å². The van der Waals surface area contributed by atoms with Crippen LogP contribution in [0.2, 0.25) is 0 Å². The summed E-state index contributed by atoms with van der Waals surface area (Å²) in [5, 5.41) is 0. The molecule has 2 aliphatic rings. The number of rotatable bonds is 1. The van der Waals surface area contributed by atoms with Gasteiger partial charge in [0.2, 0.25) is 5.69 Å². The van der Waals surface area contributed by atoms with Gasteiger partial charge in [-0.1, -0.05) is 0 Å². The predicted octanol–water partition coefficient (Wildman–Crippen LogP) is 4.24. The summed E-state index contributed by atoms with van der Waals surface area (Å²) in [6.07, 6.45) is 12.9. The lowest BCUT2D eigenvalue weighted by molar-refractivity contribution is -0.660. The Labute approximate surface area is 134 Å². The lowest BCUT2D eigenvalue weighted by atomic mass is 9.75. The number of aromatic nitrogens is 1. The van der Waals surface area contributed by atoms with Crippen LogP contribution < -0.4 is 4.57 Å². The summed E-state index contributed by atoms with van der Waals surface area (Å²) in [6, 6.07) is 6.61. The zero-order valence-electron chi connectivity index (χ0n) is 13.9. The summed E-state index contributed by atoms with van der Waals surface area (Å²) in [4.78, 5) is 0. The fraction of sp³-hybridized carbons (Fsp3) is 0.476. The predicted molar refractivity (Wildman–Crippen MR) is 91.1 cm³/mol. The van der Waals surface area contributed by atoms with Gasteiger partial charge in [-0.2, -0.15) is 0 Å². The van der Waals surface area contributed by atoms with E-state index in [1.54, 1.807) is 33.4 Å². The maximum absolute atomic E-state index is 2.38. The third-order valence-electron chi connectivity index (χ3n) is 5.74. The maximum atomic E-state index is 2.38. The van der Waals surface area contributed by atoms with Gasteiger partial charge in [0.25, 0.3) is 0 Å². The van der Waals surface area contributed by atoms with Crippen molar-refractivity contribution < 1.29 is 4.57 Å². The molecule has 1 nitrogen and oxygen atoms in total. The van der Waals surface area contributed by atoms with Crippen molar-refractivity contribution in [3.05, 3.63) is 52.2 Å². The minimum atomic E-state index is 1.27. The van der Waals surface area contributed by atoms with E-state index in [-0.39, 0.29) is 0 Å². The molecule has 0 saturated carbocycles. The van der Waals surface area contributed by atoms with E-state index in [0.717, 1.165) is 0 Å². The Morgan fingerprint density at radius 3 is 2.05 bits per heavy atom. The second-order valence-electron chi connectivity index (χ2n) is 7.03. The molecule has 0 N–H and O–H groups in total. The van der Waals surface area contributed by atoms with Crippen LogP contribution in [0.25, 0.3) is 11.3 Å². The lowest BCUT2D eigenvalue weighted by Gasteiger charge is -2.29. The first-order valence-electron chi connectivity index (χ1n) is 8.88. The van der Waals surface area contributed by atoms with Crippen molar-refractivity contribution in [1.82, 2.24) is 0 Å². The van der Waals surface area contributed by atoms with Crippen LogP contribution in [0.15, 0.2) is 24.4 Å². The van der Waals surface area contributed by atoms with Gasteiger partial charge < -0.3 is 0 Å². The first-order chi connectivity index (χ1) is 10.8. The van der Waals surface area contributed by atoms with E-state index in [2.05, 4.69) is 42.9 Å². The van der Waals surface area contributed by atoms with E-state index in [0.29, 0.717) is 0 Å². The highest BCUT2D eigenvalue weighted by Gasteiger charge is 2.28. The van der Waals surface area contributed by atoms with E-state index < -0.39 is 0 Å². The molecule has 0 amide bonds. The van der Waals surface area contributed by atoms with Crippen LogP contribution in [-0.4, -0.2) is 0 Å². The molecule has 114 valence electrons. The molecule has 0 atom stereocenters. The standard InChI is InChI=1S/C21H26N/c1-15-16-9-3-4-10-17(16)18-11-5-6-12-19(18)21(15)20-13-7-8-14-22(20)2/h7-8,13-14H,3-6,9-12H2,1-2H3/q+1. The largest absolute Gasteiger partial charge is 0.212 e. The molecule has 1 aromatic carbocycles. The Bertz CT molecular complexity index is 727.